The molecule has 1 aliphatic rings. The molecule has 0 aromatic heterocycles. The molecule has 0 radical (unpaired) electrons. The maximum absolute atomic E-state index is 13.2. The van der Waals surface area contributed by atoms with E-state index < -0.39 is 18.3 Å². The van der Waals surface area contributed by atoms with Crippen LogP contribution in [0.25, 0.3) is 0 Å². The van der Waals surface area contributed by atoms with Gasteiger partial charge >= 0.3 is 5.97 Å². The van der Waals surface area contributed by atoms with Crippen LogP contribution in [0.2, 0.25) is 0 Å². The van der Waals surface area contributed by atoms with Crippen LogP contribution in [-0.4, -0.2) is 24.7 Å². The number of rotatable bonds is 4. The van der Waals surface area contributed by atoms with Gasteiger partial charge in [0.15, 0.2) is 0 Å². The molecule has 6 heteroatoms. The van der Waals surface area contributed by atoms with Gasteiger partial charge in [0.05, 0.1) is 18.6 Å². The van der Waals surface area contributed by atoms with Crippen molar-refractivity contribution in [2.45, 2.75) is 18.9 Å². The van der Waals surface area contributed by atoms with Crippen molar-refractivity contribution in [2.75, 3.05) is 13.7 Å². The van der Waals surface area contributed by atoms with Gasteiger partial charge < -0.3 is 15.2 Å². The summed E-state index contributed by atoms with van der Waals surface area (Å²) < 4.78 is 31.3. The van der Waals surface area contributed by atoms with E-state index in [0.29, 0.717) is 18.5 Å². The number of alkyl halides is 2. The minimum atomic E-state index is -2.66. The van der Waals surface area contributed by atoms with E-state index in [1.165, 1.54) is 13.2 Å². The lowest BCUT2D eigenvalue weighted by molar-refractivity contribution is -0.141. The summed E-state index contributed by atoms with van der Waals surface area (Å²) in [5.74, 6) is -1.31. The molecule has 0 aliphatic carbocycles. The van der Waals surface area contributed by atoms with E-state index >= 15 is 0 Å². The fourth-order valence-electron chi connectivity index (χ4n) is 2.44. The Hall–Kier alpha value is -1.69. The largest absolute Gasteiger partial charge is 0.496 e. The molecular formula is C13H15F2NO3. The van der Waals surface area contributed by atoms with Gasteiger partial charge in [-0.3, -0.25) is 4.79 Å². The van der Waals surface area contributed by atoms with Gasteiger partial charge in [-0.05, 0) is 18.1 Å². The van der Waals surface area contributed by atoms with E-state index in [0.717, 1.165) is 0 Å². The van der Waals surface area contributed by atoms with Crippen LogP contribution in [0, 0.1) is 5.92 Å². The third kappa shape index (κ3) is 2.68. The molecule has 1 heterocycles. The number of benzene rings is 1. The molecule has 1 saturated heterocycles. The van der Waals surface area contributed by atoms with Gasteiger partial charge in [-0.1, -0.05) is 12.1 Å². The second kappa shape index (κ2) is 5.52. The van der Waals surface area contributed by atoms with Crippen molar-refractivity contribution in [1.82, 2.24) is 5.32 Å². The summed E-state index contributed by atoms with van der Waals surface area (Å²) in [5.41, 5.74) is 0.256. The highest BCUT2D eigenvalue weighted by Gasteiger charge is 2.33. The lowest BCUT2D eigenvalue weighted by atomic mass is 9.95. The number of methoxy groups -OCH3 is 1. The first-order valence-corrected chi connectivity index (χ1v) is 5.95. The molecule has 0 saturated carbocycles. The zero-order valence-corrected chi connectivity index (χ0v) is 10.4. The van der Waals surface area contributed by atoms with Gasteiger partial charge in [0, 0.05) is 12.6 Å². The monoisotopic (exact) mass is 271 g/mol. The SMILES string of the molecule is COc1cccc(C2CC(C(=O)O)CN2)c1C(F)F. The molecule has 1 aromatic carbocycles. The van der Waals surface area contributed by atoms with Crippen molar-refractivity contribution in [1.29, 1.82) is 0 Å². The van der Waals surface area contributed by atoms with E-state index in [2.05, 4.69) is 5.32 Å². The highest BCUT2D eigenvalue weighted by atomic mass is 19.3. The number of carboxylic acids is 1. The summed E-state index contributed by atoms with van der Waals surface area (Å²) in [5, 5.41) is 11.9. The Morgan fingerprint density at radius 2 is 2.26 bits per heavy atom. The number of hydrogen-bond acceptors (Lipinski definition) is 3. The maximum Gasteiger partial charge on any atom is 0.307 e. The molecule has 1 fully saturated rings. The van der Waals surface area contributed by atoms with Crippen molar-refractivity contribution in [3.8, 4) is 5.75 Å². The lowest BCUT2D eigenvalue weighted by Gasteiger charge is -2.18. The van der Waals surface area contributed by atoms with Crippen LogP contribution in [0.15, 0.2) is 18.2 Å². The summed E-state index contributed by atoms with van der Waals surface area (Å²) >= 11 is 0. The Balaban J connectivity index is 2.33. The molecule has 1 aromatic rings. The standard InChI is InChI=1S/C13H15F2NO3/c1-19-10-4-2-3-8(11(10)12(14)15)9-5-7(6-16-9)13(17)18/h2-4,7,9,12,16H,5-6H2,1H3,(H,17,18). The average Bonchev–Trinajstić information content (AvgIpc) is 2.87. The minimum Gasteiger partial charge on any atom is -0.496 e. The Morgan fingerprint density at radius 1 is 1.53 bits per heavy atom. The fraction of sp³-hybridized carbons (Fsp3) is 0.462. The maximum atomic E-state index is 13.2. The van der Waals surface area contributed by atoms with Crippen LogP contribution >= 0.6 is 0 Å². The van der Waals surface area contributed by atoms with Crippen LogP contribution in [0.1, 0.15) is 30.0 Å². The third-order valence-corrected chi connectivity index (χ3v) is 3.39. The molecule has 1 aliphatic heterocycles. The van der Waals surface area contributed by atoms with Crippen molar-refractivity contribution in [3.63, 3.8) is 0 Å². The van der Waals surface area contributed by atoms with E-state index in [-0.39, 0.29) is 17.4 Å². The van der Waals surface area contributed by atoms with Crippen LogP contribution in [0.5, 0.6) is 5.75 Å². The first-order valence-electron chi connectivity index (χ1n) is 5.95. The van der Waals surface area contributed by atoms with Crippen LogP contribution in [0.3, 0.4) is 0 Å². The van der Waals surface area contributed by atoms with Gasteiger partial charge in [0.1, 0.15) is 5.75 Å². The van der Waals surface area contributed by atoms with Crippen molar-refractivity contribution in [2.24, 2.45) is 5.92 Å². The summed E-state index contributed by atoms with van der Waals surface area (Å²) in [4.78, 5) is 10.9. The van der Waals surface area contributed by atoms with Gasteiger partial charge in [-0.15, -0.1) is 0 Å². The number of nitrogens with one attached hydrogen (secondary N) is 1. The number of aliphatic carboxylic acids is 1. The second-order valence-corrected chi connectivity index (χ2v) is 4.50. The van der Waals surface area contributed by atoms with Gasteiger partial charge in [0.25, 0.3) is 6.43 Å². The van der Waals surface area contributed by atoms with Crippen molar-refractivity contribution < 1.29 is 23.4 Å². The molecule has 0 spiro atoms. The summed E-state index contributed by atoms with van der Waals surface area (Å²) in [6.45, 7) is 0.292. The molecule has 104 valence electrons. The zero-order valence-electron chi connectivity index (χ0n) is 10.4. The minimum absolute atomic E-state index is 0.132. The molecule has 2 atom stereocenters. The van der Waals surface area contributed by atoms with Gasteiger partial charge in [0.2, 0.25) is 0 Å². The van der Waals surface area contributed by atoms with E-state index in [1.54, 1.807) is 12.1 Å². The van der Waals surface area contributed by atoms with E-state index in [1.807, 2.05) is 0 Å². The highest BCUT2D eigenvalue weighted by molar-refractivity contribution is 5.71. The normalized spacial score (nSPS) is 22.7. The van der Waals surface area contributed by atoms with Crippen molar-refractivity contribution >= 4 is 5.97 Å². The molecule has 2 unspecified atom stereocenters. The summed E-state index contributed by atoms with van der Waals surface area (Å²) in [6.07, 6.45) is -2.35. The Bertz CT molecular complexity index is 479. The van der Waals surface area contributed by atoms with Crippen LogP contribution in [0.4, 0.5) is 8.78 Å². The van der Waals surface area contributed by atoms with Gasteiger partial charge in [-0.25, -0.2) is 8.78 Å². The topological polar surface area (TPSA) is 58.6 Å². The Kier molecular flexibility index (Phi) is 3.99. The van der Waals surface area contributed by atoms with Crippen LogP contribution in [-0.2, 0) is 4.79 Å². The molecular weight excluding hydrogens is 256 g/mol. The second-order valence-electron chi connectivity index (χ2n) is 4.50. The first kappa shape index (κ1) is 13.7. The molecule has 4 nitrogen and oxygen atoms in total. The number of carboxylic acid groups (broad SMARTS) is 1. The summed E-state index contributed by atoms with van der Waals surface area (Å²) in [6, 6.07) is 4.33. The predicted octanol–water partition coefficient (Wildman–Crippen LogP) is 2.37. The zero-order chi connectivity index (χ0) is 14.0. The quantitative estimate of drug-likeness (QED) is 0.882. The highest BCUT2D eigenvalue weighted by Crippen LogP contribution is 2.38. The van der Waals surface area contributed by atoms with Crippen molar-refractivity contribution in [3.05, 3.63) is 29.3 Å². The fourth-order valence-corrected chi connectivity index (χ4v) is 2.44. The molecule has 0 bridgehead atoms. The van der Waals surface area contributed by atoms with E-state index in [4.69, 9.17) is 9.84 Å². The Morgan fingerprint density at radius 3 is 2.79 bits per heavy atom. The molecule has 2 rings (SSSR count). The van der Waals surface area contributed by atoms with E-state index in [9.17, 15) is 13.6 Å². The predicted molar refractivity (Wildman–Crippen MR) is 64.4 cm³/mol. The van der Waals surface area contributed by atoms with Crippen LogP contribution < -0.4 is 10.1 Å². The third-order valence-electron chi connectivity index (χ3n) is 3.39. The molecule has 19 heavy (non-hydrogen) atoms. The number of hydrogen-bond donors (Lipinski definition) is 2. The first-order chi connectivity index (χ1) is 9.04. The Labute approximate surface area is 109 Å². The molecule has 0 amide bonds. The summed E-state index contributed by atoms with van der Waals surface area (Å²) in [7, 11) is 1.34. The number of halogens is 2. The number of carbonyl (C=O) groups is 1. The number of ether oxygens (including phenoxy) is 1. The lowest BCUT2D eigenvalue weighted by Crippen LogP contribution is -2.18. The van der Waals surface area contributed by atoms with Gasteiger partial charge in [-0.2, -0.15) is 0 Å². The molecule has 2 N–H and O–H groups in total. The average molecular weight is 271 g/mol. The smallest absolute Gasteiger partial charge is 0.307 e.